The molecule has 0 unspecified atom stereocenters. The highest BCUT2D eigenvalue weighted by Gasteiger charge is 2.21. The molecule has 0 radical (unpaired) electrons. The third-order valence-electron chi connectivity index (χ3n) is 3.98. The molecule has 2 heterocycles. The van der Waals surface area contributed by atoms with Gasteiger partial charge in [0.25, 0.3) is 11.8 Å². The first-order valence-corrected chi connectivity index (χ1v) is 9.40. The minimum atomic E-state index is -0.217. The highest BCUT2D eigenvalue weighted by Crippen LogP contribution is 2.25. The minimum absolute atomic E-state index is 0.167. The molecule has 0 aliphatic rings. The number of hydrogen-bond acceptors (Lipinski definition) is 8. The summed E-state index contributed by atoms with van der Waals surface area (Å²) in [6, 6.07) is 8.85. The van der Waals surface area contributed by atoms with Crippen LogP contribution in [0.2, 0.25) is 0 Å². The van der Waals surface area contributed by atoms with Crippen LogP contribution in [0.4, 0.5) is 0 Å². The lowest BCUT2D eigenvalue weighted by Gasteiger charge is -2.21. The number of thiophene rings is 1. The van der Waals surface area contributed by atoms with E-state index in [9.17, 15) is 4.79 Å². The van der Waals surface area contributed by atoms with Crippen molar-refractivity contribution in [2.75, 3.05) is 34.5 Å². The van der Waals surface area contributed by atoms with E-state index in [0.29, 0.717) is 42.0 Å². The molecule has 0 atom stereocenters. The molecule has 9 heteroatoms. The summed E-state index contributed by atoms with van der Waals surface area (Å²) in [7, 11) is 4.66. The molecule has 0 saturated carbocycles. The van der Waals surface area contributed by atoms with Crippen LogP contribution in [0, 0.1) is 0 Å². The fraction of sp³-hybridized carbons (Fsp3) is 0.316. The summed E-state index contributed by atoms with van der Waals surface area (Å²) in [5, 5.41) is 10.1. The van der Waals surface area contributed by atoms with Crippen molar-refractivity contribution >= 4 is 17.2 Å². The molecule has 0 aliphatic carbocycles. The highest BCUT2D eigenvalue weighted by atomic mass is 32.1. The van der Waals surface area contributed by atoms with Crippen molar-refractivity contribution < 1.29 is 23.4 Å². The number of hydrogen-bond donors (Lipinski definition) is 0. The lowest BCUT2D eigenvalue weighted by Crippen LogP contribution is -2.33. The van der Waals surface area contributed by atoms with Gasteiger partial charge in [0.15, 0.2) is 0 Å². The quantitative estimate of drug-likeness (QED) is 0.542. The second-order valence-electron chi connectivity index (χ2n) is 5.80. The van der Waals surface area contributed by atoms with Crippen LogP contribution in [0.25, 0.3) is 10.8 Å². The standard InChI is InChI=1S/C19H21N3O5S/c1-24-7-6-22(12-17-20-21-18(27-17)16-5-4-8-28-16)19(23)13-9-14(25-2)11-15(10-13)26-3/h4-5,8-11H,6-7,12H2,1-3H3. The van der Waals surface area contributed by atoms with Gasteiger partial charge in [0.1, 0.15) is 11.5 Å². The smallest absolute Gasteiger partial charge is 0.257 e. The Kier molecular flexibility index (Phi) is 6.62. The van der Waals surface area contributed by atoms with Gasteiger partial charge >= 0.3 is 0 Å². The van der Waals surface area contributed by atoms with Gasteiger partial charge in [0.2, 0.25) is 5.89 Å². The first-order valence-electron chi connectivity index (χ1n) is 8.52. The number of carbonyl (C=O) groups excluding carboxylic acids is 1. The van der Waals surface area contributed by atoms with Gasteiger partial charge in [-0.25, -0.2) is 0 Å². The number of ether oxygens (including phenoxy) is 3. The fourth-order valence-electron chi connectivity index (χ4n) is 2.55. The van der Waals surface area contributed by atoms with Crippen LogP contribution in [-0.4, -0.2) is 55.5 Å². The van der Waals surface area contributed by atoms with Crippen LogP contribution in [0.15, 0.2) is 40.1 Å². The van der Waals surface area contributed by atoms with E-state index in [4.69, 9.17) is 18.6 Å². The monoisotopic (exact) mass is 403 g/mol. The van der Waals surface area contributed by atoms with Crippen molar-refractivity contribution in [1.29, 1.82) is 0 Å². The maximum Gasteiger partial charge on any atom is 0.257 e. The van der Waals surface area contributed by atoms with Crippen LogP contribution < -0.4 is 9.47 Å². The van der Waals surface area contributed by atoms with E-state index in [-0.39, 0.29) is 12.5 Å². The van der Waals surface area contributed by atoms with Crippen molar-refractivity contribution in [3.63, 3.8) is 0 Å². The summed E-state index contributed by atoms with van der Waals surface area (Å²) in [5.41, 5.74) is 0.435. The Labute approximate surface area is 166 Å². The van der Waals surface area contributed by atoms with E-state index >= 15 is 0 Å². The highest BCUT2D eigenvalue weighted by molar-refractivity contribution is 7.13. The lowest BCUT2D eigenvalue weighted by molar-refractivity contribution is 0.0662. The van der Waals surface area contributed by atoms with Crippen LogP contribution in [-0.2, 0) is 11.3 Å². The van der Waals surface area contributed by atoms with Crippen LogP contribution in [0.3, 0.4) is 0 Å². The number of rotatable bonds is 9. The van der Waals surface area contributed by atoms with Gasteiger partial charge in [-0.2, -0.15) is 0 Å². The van der Waals surface area contributed by atoms with Crippen LogP contribution >= 0.6 is 11.3 Å². The maximum atomic E-state index is 13.1. The van der Waals surface area contributed by atoms with Crippen molar-refractivity contribution in [1.82, 2.24) is 15.1 Å². The Bertz CT molecular complexity index is 888. The number of methoxy groups -OCH3 is 3. The normalized spacial score (nSPS) is 10.7. The molecule has 2 aromatic heterocycles. The number of carbonyl (C=O) groups is 1. The summed E-state index contributed by atoms with van der Waals surface area (Å²) >= 11 is 1.51. The van der Waals surface area contributed by atoms with E-state index in [2.05, 4.69) is 10.2 Å². The molecule has 148 valence electrons. The van der Waals surface area contributed by atoms with E-state index in [1.807, 2.05) is 17.5 Å². The van der Waals surface area contributed by atoms with Gasteiger partial charge in [-0.05, 0) is 23.6 Å². The predicted molar refractivity (Wildman–Crippen MR) is 104 cm³/mol. The third kappa shape index (κ3) is 4.68. The van der Waals surface area contributed by atoms with Gasteiger partial charge < -0.3 is 23.5 Å². The minimum Gasteiger partial charge on any atom is -0.497 e. The zero-order valence-electron chi connectivity index (χ0n) is 15.9. The Morgan fingerprint density at radius 3 is 2.50 bits per heavy atom. The van der Waals surface area contributed by atoms with Crippen molar-refractivity contribution in [2.24, 2.45) is 0 Å². The fourth-order valence-corrected chi connectivity index (χ4v) is 3.19. The van der Waals surface area contributed by atoms with Crippen LogP contribution in [0.5, 0.6) is 11.5 Å². The molecule has 3 rings (SSSR count). The SMILES string of the molecule is COCCN(Cc1nnc(-c2cccs2)o1)C(=O)c1cc(OC)cc(OC)c1. The molecule has 8 nitrogen and oxygen atoms in total. The molecule has 0 fully saturated rings. The number of benzene rings is 1. The number of aromatic nitrogens is 2. The maximum absolute atomic E-state index is 13.1. The predicted octanol–water partition coefficient (Wildman–Crippen LogP) is 3.10. The first-order chi connectivity index (χ1) is 13.6. The molecule has 0 aliphatic heterocycles. The average Bonchev–Trinajstić information content (AvgIpc) is 3.41. The molecule has 1 aromatic carbocycles. The Morgan fingerprint density at radius 1 is 1.14 bits per heavy atom. The molecule has 3 aromatic rings. The summed E-state index contributed by atoms with van der Waals surface area (Å²) in [4.78, 5) is 15.6. The molecule has 28 heavy (non-hydrogen) atoms. The number of amides is 1. The Balaban J connectivity index is 1.82. The van der Waals surface area contributed by atoms with Gasteiger partial charge in [0.05, 0.1) is 32.2 Å². The molecular formula is C19H21N3O5S. The number of nitrogens with zero attached hydrogens (tertiary/aromatic N) is 3. The molecule has 0 spiro atoms. The Morgan fingerprint density at radius 2 is 1.89 bits per heavy atom. The van der Waals surface area contributed by atoms with Crippen molar-refractivity contribution in [2.45, 2.75) is 6.54 Å². The van der Waals surface area contributed by atoms with E-state index in [1.165, 1.54) is 25.6 Å². The van der Waals surface area contributed by atoms with E-state index in [0.717, 1.165) is 4.88 Å². The molecule has 0 saturated heterocycles. The topological polar surface area (TPSA) is 86.9 Å². The van der Waals surface area contributed by atoms with Gasteiger partial charge in [-0.15, -0.1) is 21.5 Å². The van der Waals surface area contributed by atoms with Crippen LogP contribution in [0.1, 0.15) is 16.2 Å². The third-order valence-corrected chi connectivity index (χ3v) is 4.83. The molecule has 1 amide bonds. The Hall–Kier alpha value is -2.91. The second kappa shape index (κ2) is 9.34. The zero-order chi connectivity index (χ0) is 19.9. The molecule has 0 bridgehead atoms. The zero-order valence-corrected chi connectivity index (χ0v) is 16.7. The van der Waals surface area contributed by atoms with E-state index < -0.39 is 0 Å². The van der Waals surface area contributed by atoms with Gasteiger partial charge in [-0.1, -0.05) is 6.07 Å². The average molecular weight is 403 g/mol. The summed E-state index contributed by atoms with van der Waals surface area (Å²) in [5.74, 6) is 1.64. The van der Waals surface area contributed by atoms with Crippen molar-refractivity contribution in [3.05, 3.63) is 47.2 Å². The van der Waals surface area contributed by atoms with Gasteiger partial charge in [0, 0.05) is 25.3 Å². The summed E-state index contributed by atoms with van der Waals surface area (Å²) in [6.07, 6.45) is 0. The van der Waals surface area contributed by atoms with E-state index in [1.54, 1.807) is 30.2 Å². The summed E-state index contributed by atoms with van der Waals surface area (Å²) in [6.45, 7) is 0.907. The first kappa shape index (κ1) is 19.8. The largest absolute Gasteiger partial charge is 0.497 e. The second-order valence-corrected chi connectivity index (χ2v) is 6.75. The summed E-state index contributed by atoms with van der Waals surface area (Å²) < 4.78 is 21.4. The molecule has 0 N–H and O–H groups in total. The molecular weight excluding hydrogens is 382 g/mol. The van der Waals surface area contributed by atoms with Gasteiger partial charge in [-0.3, -0.25) is 4.79 Å². The lowest BCUT2D eigenvalue weighted by atomic mass is 10.1. The van der Waals surface area contributed by atoms with Crippen molar-refractivity contribution in [3.8, 4) is 22.3 Å².